The number of rotatable bonds is 5. The molecule has 0 radical (unpaired) electrons. The third kappa shape index (κ3) is 6.93. The number of sulfone groups is 1. The summed E-state index contributed by atoms with van der Waals surface area (Å²) in [5.41, 5.74) is -0.511. The van der Waals surface area contributed by atoms with Gasteiger partial charge in [0.25, 0.3) is 0 Å². The molecule has 1 amide bonds. The summed E-state index contributed by atoms with van der Waals surface area (Å²) in [7, 11) is -3.72. The van der Waals surface area contributed by atoms with Gasteiger partial charge in [-0.25, -0.2) is 8.42 Å². The van der Waals surface area contributed by atoms with E-state index in [9.17, 15) is 18.0 Å². The standard InChI is InChI=1S/C10H19NO5S/c1-7(5-9(13)14)17(15,16)6-8(12)11-10(2,3)4/h7H,5-6H2,1-4H3,(H,11,12)(H,13,14). The van der Waals surface area contributed by atoms with Crippen LogP contribution in [-0.4, -0.2) is 41.9 Å². The molecule has 0 saturated heterocycles. The van der Waals surface area contributed by atoms with Gasteiger partial charge in [-0.05, 0) is 27.7 Å². The summed E-state index contributed by atoms with van der Waals surface area (Å²) < 4.78 is 23.3. The van der Waals surface area contributed by atoms with Gasteiger partial charge in [-0.1, -0.05) is 0 Å². The van der Waals surface area contributed by atoms with Crippen molar-refractivity contribution in [1.82, 2.24) is 5.32 Å². The molecule has 2 N–H and O–H groups in total. The van der Waals surface area contributed by atoms with Crippen LogP contribution in [0.5, 0.6) is 0 Å². The Morgan fingerprint density at radius 2 is 1.76 bits per heavy atom. The van der Waals surface area contributed by atoms with E-state index >= 15 is 0 Å². The highest BCUT2D eigenvalue weighted by atomic mass is 32.2. The minimum Gasteiger partial charge on any atom is -0.481 e. The van der Waals surface area contributed by atoms with E-state index in [4.69, 9.17) is 5.11 Å². The lowest BCUT2D eigenvalue weighted by atomic mass is 10.1. The van der Waals surface area contributed by atoms with Crippen molar-refractivity contribution in [3.63, 3.8) is 0 Å². The molecule has 0 fully saturated rings. The smallest absolute Gasteiger partial charge is 0.304 e. The second-order valence-electron chi connectivity index (χ2n) is 5.01. The summed E-state index contributed by atoms with van der Waals surface area (Å²) in [6, 6.07) is 0. The van der Waals surface area contributed by atoms with Crippen molar-refractivity contribution < 1.29 is 23.1 Å². The van der Waals surface area contributed by atoms with E-state index in [-0.39, 0.29) is 0 Å². The van der Waals surface area contributed by atoms with E-state index in [0.29, 0.717) is 0 Å². The summed E-state index contributed by atoms with van der Waals surface area (Å²) in [4.78, 5) is 21.8. The number of nitrogens with one attached hydrogen (secondary N) is 1. The number of carbonyl (C=O) groups is 2. The first-order chi connectivity index (χ1) is 7.44. The van der Waals surface area contributed by atoms with Gasteiger partial charge in [-0.3, -0.25) is 9.59 Å². The van der Waals surface area contributed by atoms with E-state index in [1.807, 2.05) is 0 Å². The van der Waals surface area contributed by atoms with Crippen molar-refractivity contribution in [2.75, 3.05) is 5.75 Å². The molecule has 0 aromatic rings. The van der Waals surface area contributed by atoms with Gasteiger partial charge in [0.1, 0.15) is 5.75 Å². The van der Waals surface area contributed by atoms with Gasteiger partial charge in [0.2, 0.25) is 5.91 Å². The lowest BCUT2D eigenvalue weighted by Gasteiger charge is -2.21. The Morgan fingerprint density at radius 1 is 1.29 bits per heavy atom. The lowest BCUT2D eigenvalue weighted by Crippen LogP contribution is -2.44. The van der Waals surface area contributed by atoms with Gasteiger partial charge in [0.05, 0.1) is 11.7 Å². The molecule has 0 bridgehead atoms. The average Bonchev–Trinajstić information content (AvgIpc) is 1.96. The Balaban J connectivity index is 4.56. The molecule has 0 rings (SSSR count). The van der Waals surface area contributed by atoms with E-state index < -0.39 is 44.7 Å². The third-order valence-electron chi connectivity index (χ3n) is 1.92. The van der Waals surface area contributed by atoms with Crippen LogP contribution < -0.4 is 5.32 Å². The van der Waals surface area contributed by atoms with Gasteiger partial charge in [-0.2, -0.15) is 0 Å². The van der Waals surface area contributed by atoms with Crippen molar-refractivity contribution in [3.8, 4) is 0 Å². The molecule has 0 spiro atoms. The number of carboxylic acid groups (broad SMARTS) is 1. The predicted molar refractivity (Wildman–Crippen MR) is 63.4 cm³/mol. The van der Waals surface area contributed by atoms with Crippen LogP contribution >= 0.6 is 0 Å². The first-order valence-corrected chi connectivity index (χ1v) is 6.90. The number of carbonyl (C=O) groups excluding carboxylic acids is 1. The minimum atomic E-state index is -3.72. The van der Waals surface area contributed by atoms with Crippen LogP contribution in [0.15, 0.2) is 0 Å². The van der Waals surface area contributed by atoms with Crippen molar-refractivity contribution in [2.45, 2.75) is 44.9 Å². The van der Waals surface area contributed by atoms with Crippen LogP contribution in [0, 0.1) is 0 Å². The van der Waals surface area contributed by atoms with Gasteiger partial charge in [0.15, 0.2) is 9.84 Å². The maximum Gasteiger partial charge on any atom is 0.304 e. The summed E-state index contributed by atoms with van der Waals surface area (Å²) in [5.74, 6) is -2.49. The van der Waals surface area contributed by atoms with E-state index in [0.717, 1.165) is 0 Å². The van der Waals surface area contributed by atoms with Crippen molar-refractivity contribution in [3.05, 3.63) is 0 Å². The molecule has 17 heavy (non-hydrogen) atoms. The molecular formula is C10H19NO5S. The van der Waals surface area contributed by atoms with Crippen LogP contribution in [0.3, 0.4) is 0 Å². The first kappa shape index (κ1) is 15.9. The molecule has 0 saturated carbocycles. The SMILES string of the molecule is CC(CC(=O)O)S(=O)(=O)CC(=O)NC(C)(C)C. The molecule has 6 nitrogen and oxygen atoms in total. The van der Waals surface area contributed by atoms with Crippen LogP contribution in [0.25, 0.3) is 0 Å². The highest BCUT2D eigenvalue weighted by Gasteiger charge is 2.27. The topological polar surface area (TPSA) is 101 Å². The fraction of sp³-hybridized carbons (Fsp3) is 0.800. The maximum absolute atomic E-state index is 11.6. The Kier molecular flexibility index (Phi) is 5.12. The Morgan fingerprint density at radius 3 is 2.12 bits per heavy atom. The second-order valence-corrected chi connectivity index (χ2v) is 7.43. The van der Waals surface area contributed by atoms with Crippen molar-refractivity contribution in [1.29, 1.82) is 0 Å². The first-order valence-electron chi connectivity index (χ1n) is 5.18. The number of carboxylic acids is 1. The van der Waals surface area contributed by atoms with Gasteiger partial charge < -0.3 is 10.4 Å². The zero-order valence-electron chi connectivity index (χ0n) is 10.5. The van der Waals surface area contributed by atoms with Gasteiger partial charge >= 0.3 is 5.97 Å². The largest absolute Gasteiger partial charge is 0.481 e. The van der Waals surface area contributed by atoms with E-state index in [1.165, 1.54) is 6.92 Å². The summed E-state index contributed by atoms with van der Waals surface area (Å²) >= 11 is 0. The van der Waals surface area contributed by atoms with Crippen LogP contribution in [0.2, 0.25) is 0 Å². The molecule has 0 aromatic heterocycles. The minimum absolute atomic E-state index is 0.495. The zero-order valence-corrected chi connectivity index (χ0v) is 11.3. The highest BCUT2D eigenvalue weighted by molar-refractivity contribution is 7.92. The average molecular weight is 265 g/mol. The molecule has 1 unspecified atom stereocenters. The monoisotopic (exact) mass is 265 g/mol. The molecule has 0 aliphatic heterocycles. The Labute approximate surface area is 101 Å². The molecule has 0 aliphatic carbocycles. The maximum atomic E-state index is 11.6. The number of hydrogen-bond acceptors (Lipinski definition) is 4. The normalized spacial score (nSPS) is 14.1. The second kappa shape index (κ2) is 5.48. The molecule has 7 heteroatoms. The molecule has 0 heterocycles. The van der Waals surface area contributed by atoms with Gasteiger partial charge in [-0.15, -0.1) is 0 Å². The van der Waals surface area contributed by atoms with E-state index in [2.05, 4.69) is 5.32 Å². The zero-order chi connectivity index (χ0) is 13.9. The third-order valence-corrected chi connectivity index (χ3v) is 3.98. The van der Waals surface area contributed by atoms with Crippen LogP contribution in [-0.2, 0) is 19.4 Å². The Bertz CT molecular complexity index is 393. The molecule has 100 valence electrons. The number of aliphatic carboxylic acids is 1. The lowest BCUT2D eigenvalue weighted by molar-refractivity contribution is -0.137. The molecule has 0 aliphatic rings. The number of hydrogen-bond donors (Lipinski definition) is 2. The quantitative estimate of drug-likeness (QED) is 0.738. The predicted octanol–water partition coefficient (Wildman–Crippen LogP) is 0.179. The highest BCUT2D eigenvalue weighted by Crippen LogP contribution is 2.07. The fourth-order valence-corrected chi connectivity index (χ4v) is 2.27. The molecular weight excluding hydrogens is 246 g/mol. The van der Waals surface area contributed by atoms with Crippen molar-refractivity contribution >= 4 is 21.7 Å². The van der Waals surface area contributed by atoms with Gasteiger partial charge in [0, 0.05) is 5.54 Å². The molecule has 0 aromatic carbocycles. The van der Waals surface area contributed by atoms with Crippen LogP contribution in [0.4, 0.5) is 0 Å². The summed E-state index contributed by atoms with van der Waals surface area (Å²) in [5, 5.41) is 9.96. The van der Waals surface area contributed by atoms with Crippen LogP contribution in [0.1, 0.15) is 34.1 Å². The molecule has 1 atom stereocenters. The van der Waals surface area contributed by atoms with Crippen molar-refractivity contribution in [2.24, 2.45) is 0 Å². The summed E-state index contributed by atoms with van der Waals surface area (Å²) in [6.07, 6.45) is -0.495. The Hall–Kier alpha value is -1.11. The van der Waals surface area contributed by atoms with E-state index in [1.54, 1.807) is 20.8 Å². The summed E-state index contributed by atoms with van der Waals surface area (Å²) in [6.45, 7) is 6.49. The number of amides is 1. The fourth-order valence-electron chi connectivity index (χ4n) is 1.15.